The van der Waals surface area contributed by atoms with Crippen LogP contribution in [0.5, 0.6) is 0 Å². The molecule has 1 N–H and O–H groups in total. The largest absolute Gasteiger partial charge is 0.295 e. The molecule has 0 saturated heterocycles. The maximum atomic E-state index is 12.6. The Hall–Kier alpha value is -2.76. The van der Waals surface area contributed by atoms with Crippen LogP contribution in [-0.2, 0) is 10.0 Å². The van der Waals surface area contributed by atoms with Crippen LogP contribution >= 0.6 is 0 Å². The Morgan fingerprint density at radius 3 is 1.96 bits per heavy atom. The predicted molar refractivity (Wildman–Crippen MR) is 111 cm³/mol. The summed E-state index contributed by atoms with van der Waals surface area (Å²) in [5, 5.41) is 0. The predicted octanol–water partition coefficient (Wildman–Crippen LogP) is 4.39. The van der Waals surface area contributed by atoms with Gasteiger partial charge >= 0.3 is 0 Å². The van der Waals surface area contributed by atoms with Crippen molar-refractivity contribution in [3.63, 3.8) is 0 Å². The molecule has 0 fully saturated rings. The van der Waals surface area contributed by atoms with E-state index in [0.29, 0.717) is 18.5 Å². The van der Waals surface area contributed by atoms with Gasteiger partial charge in [0.1, 0.15) is 0 Å². The van der Waals surface area contributed by atoms with E-state index in [0.717, 1.165) is 11.1 Å². The summed E-state index contributed by atoms with van der Waals surface area (Å²) in [5.41, 5.74) is 2.67. The molecule has 0 radical (unpaired) electrons. The van der Waals surface area contributed by atoms with Gasteiger partial charge in [-0.15, -0.1) is 0 Å². The van der Waals surface area contributed by atoms with Gasteiger partial charge in [0.25, 0.3) is 0 Å². The Bertz CT molecular complexity index is 992. The molecule has 5 heteroatoms. The van der Waals surface area contributed by atoms with Crippen LogP contribution in [0.3, 0.4) is 0 Å². The zero-order valence-electron chi connectivity index (χ0n) is 15.7. The van der Waals surface area contributed by atoms with E-state index in [2.05, 4.69) is 29.0 Å². The topological polar surface area (TPSA) is 63.2 Å². The zero-order valence-corrected chi connectivity index (χ0v) is 16.5. The molecule has 0 saturated carbocycles. The first-order chi connectivity index (χ1) is 13.5. The lowest BCUT2D eigenvalue weighted by molar-refractivity contribution is 0.101. The van der Waals surface area contributed by atoms with E-state index in [-0.39, 0.29) is 16.6 Å². The fraction of sp³-hybridized carbons (Fsp3) is 0.174. The third-order valence-electron chi connectivity index (χ3n) is 4.68. The first-order valence-electron chi connectivity index (χ1n) is 9.18. The van der Waals surface area contributed by atoms with Crippen LogP contribution in [0.15, 0.2) is 89.8 Å². The highest BCUT2D eigenvalue weighted by molar-refractivity contribution is 7.89. The van der Waals surface area contributed by atoms with Crippen LogP contribution in [0.2, 0.25) is 0 Å². The van der Waals surface area contributed by atoms with Crippen molar-refractivity contribution in [2.75, 3.05) is 6.54 Å². The molecule has 28 heavy (non-hydrogen) atoms. The van der Waals surface area contributed by atoms with E-state index < -0.39 is 10.0 Å². The summed E-state index contributed by atoms with van der Waals surface area (Å²) >= 11 is 0. The van der Waals surface area contributed by atoms with E-state index in [4.69, 9.17) is 0 Å². The number of hydrogen-bond donors (Lipinski definition) is 1. The first-order valence-corrected chi connectivity index (χ1v) is 10.7. The van der Waals surface area contributed by atoms with Gasteiger partial charge in [0.2, 0.25) is 10.0 Å². The van der Waals surface area contributed by atoms with Gasteiger partial charge in [-0.3, -0.25) is 4.79 Å². The summed E-state index contributed by atoms with van der Waals surface area (Å²) in [7, 11) is -3.68. The van der Waals surface area contributed by atoms with E-state index in [1.165, 1.54) is 19.1 Å². The molecule has 0 heterocycles. The molecule has 0 unspecified atom stereocenters. The summed E-state index contributed by atoms with van der Waals surface area (Å²) in [4.78, 5) is 11.6. The molecule has 0 bridgehead atoms. The van der Waals surface area contributed by atoms with Gasteiger partial charge in [0, 0.05) is 18.0 Å². The minimum Gasteiger partial charge on any atom is -0.295 e. The summed E-state index contributed by atoms with van der Waals surface area (Å²) in [6, 6.07) is 26.2. The van der Waals surface area contributed by atoms with Gasteiger partial charge < -0.3 is 0 Å². The quantitative estimate of drug-likeness (QED) is 0.577. The maximum Gasteiger partial charge on any atom is 0.240 e. The molecular weight excluding hydrogens is 370 g/mol. The standard InChI is InChI=1S/C23H23NO3S/c1-18(25)21-13-8-14-22(17-21)28(26,27)24-16-15-23(19-9-4-2-5-10-19)20-11-6-3-7-12-20/h2-14,17,23-24H,15-16H2,1H3. The van der Waals surface area contributed by atoms with Crippen LogP contribution in [0.25, 0.3) is 0 Å². The minimum atomic E-state index is -3.68. The van der Waals surface area contributed by atoms with Crippen molar-refractivity contribution >= 4 is 15.8 Å². The lowest BCUT2D eigenvalue weighted by Gasteiger charge is -2.18. The second kappa shape index (κ2) is 8.95. The smallest absolute Gasteiger partial charge is 0.240 e. The highest BCUT2D eigenvalue weighted by Gasteiger charge is 2.18. The molecule has 0 spiro atoms. The van der Waals surface area contributed by atoms with Crippen LogP contribution < -0.4 is 4.72 Å². The van der Waals surface area contributed by atoms with Crippen LogP contribution in [0.1, 0.15) is 40.7 Å². The number of carbonyl (C=O) groups is 1. The van der Waals surface area contributed by atoms with Crippen molar-refractivity contribution in [2.24, 2.45) is 0 Å². The Kier molecular flexibility index (Phi) is 6.39. The second-order valence-corrected chi connectivity index (χ2v) is 8.41. The Morgan fingerprint density at radius 2 is 1.43 bits per heavy atom. The molecule has 0 aliphatic carbocycles. The van der Waals surface area contributed by atoms with Gasteiger partial charge in [-0.25, -0.2) is 13.1 Å². The number of Topliss-reactive ketones (excluding diaryl/α,β-unsaturated/α-hetero) is 1. The number of rotatable bonds is 8. The third kappa shape index (κ3) is 4.94. The minimum absolute atomic E-state index is 0.0913. The summed E-state index contributed by atoms with van der Waals surface area (Å²) in [6.45, 7) is 1.71. The van der Waals surface area contributed by atoms with Crippen molar-refractivity contribution < 1.29 is 13.2 Å². The molecule has 0 aliphatic heterocycles. The third-order valence-corrected chi connectivity index (χ3v) is 6.14. The van der Waals surface area contributed by atoms with Crippen molar-refractivity contribution in [3.8, 4) is 0 Å². The van der Waals surface area contributed by atoms with E-state index >= 15 is 0 Å². The number of hydrogen-bond acceptors (Lipinski definition) is 3. The van der Waals surface area contributed by atoms with Crippen LogP contribution in [0, 0.1) is 0 Å². The van der Waals surface area contributed by atoms with Gasteiger partial charge in [-0.1, -0.05) is 72.8 Å². The Morgan fingerprint density at radius 1 is 0.857 bits per heavy atom. The lowest BCUT2D eigenvalue weighted by Crippen LogP contribution is -2.26. The molecule has 0 aromatic heterocycles. The second-order valence-electron chi connectivity index (χ2n) is 6.64. The average molecular weight is 394 g/mol. The van der Waals surface area contributed by atoms with Gasteiger partial charge in [-0.2, -0.15) is 0 Å². The van der Waals surface area contributed by atoms with E-state index in [1.54, 1.807) is 12.1 Å². The number of carbonyl (C=O) groups excluding carboxylic acids is 1. The Balaban J connectivity index is 1.75. The van der Waals surface area contributed by atoms with Crippen LogP contribution in [0.4, 0.5) is 0 Å². The number of benzene rings is 3. The molecular formula is C23H23NO3S. The molecule has 144 valence electrons. The lowest BCUT2D eigenvalue weighted by atomic mass is 9.89. The maximum absolute atomic E-state index is 12.6. The monoisotopic (exact) mass is 393 g/mol. The summed E-state index contributed by atoms with van der Waals surface area (Å²) < 4.78 is 28.0. The molecule has 0 amide bonds. The molecule has 0 atom stereocenters. The van der Waals surface area contributed by atoms with Gasteiger partial charge in [0.15, 0.2) is 5.78 Å². The fourth-order valence-electron chi connectivity index (χ4n) is 3.20. The number of sulfonamides is 1. The average Bonchev–Trinajstić information content (AvgIpc) is 2.72. The summed E-state index contributed by atoms with van der Waals surface area (Å²) in [5.74, 6) is -0.0704. The normalized spacial score (nSPS) is 11.5. The summed E-state index contributed by atoms with van der Waals surface area (Å²) in [6.07, 6.45) is 0.625. The van der Waals surface area contributed by atoms with Crippen molar-refractivity contribution in [1.29, 1.82) is 0 Å². The highest BCUT2D eigenvalue weighted by atomic mass is 32.2. The van der Waals surface area contributed by atoms with Gasteiger partial charge in [0.05, 0.1) is 4.90 Å². The highest BCUT2D eigenvalue weighted by Crippen LogP contribution is 2.27. The number of ketones is 1. The van der Waals surface area contributed by atoms with E-state index in [9.17, 15) is 13.2 Å². The zero-order chi connectivity index (χ0) is 20.0. The van der Waals surface area contributed by atoms with Crippen molar-refractivity contribution in [1.82, 2.24) is 4.72 Å². The number of nitrogens with one attached hydrogen (secondary N) is 1. The molecule has 0 aliphatic rings. The molecule has 4 nitrogen and oxygen atoms in total. The van der Waals surface area contributed by atoms with Crippen LogP contribution in [-0.4, -0.2) is 20.7 Å². The fourth-order valence-corrected chi connectivity index (χ4v) is 4.29. The van der Waals surface area contributed by atoms with Crippen molar-refractivity contribution in [2.45, 2.75) is 24.2 Å². The van der Waals surface area contributed by atoms with Gasteiger partial charge in [-0.05, 0) is 36.6 Å². The first kappa shape index (κ1) is 20.0. The Labute approximate surface area is 166 Å². The molecule has 3 aromatic rings. The SMILES string of the molecule is CC(=O)c1cccc(S(=O)(=O)NCCC(c2ccccc2)c2ccccc2)c1. The van der Waals surface area contributed by atoms with E-state index in [1.807, 2.05) is 36.4 Å². The molecule has 3 rings (SSSR count). The van der Waals surface area contributed by atoms with Crippen molar-refractivity contribution in [3.05, 3.63) is 102 Å². The molecule has 3 aromatic carbocycles.